The zero-order valence-electron chi connectivity index (χ0n) is 11.6. The van der Waals surface area contributed by atoms with Crippen molar-refractivity contribution in [3.05, 3.63) is 29.6 Å². The van der Waals surface area contributed by atoms with Crippen molar-refractivity contribution in [2.45, 2.75) is 37.5 Å². The second kappa shape index (κ2) is 5.11. The van der Waals surface area contributed by atoms with E-state index in [1.165, 1.54) is 37.5 Å². The molecule has 2 aliphatic rings. The number of nitrogens with one attached hydrogen (secondary N) is 1. The Balaban J connectivity index is 1.69. The van der Waals surface area contributed by atoms with E-state index in [4.69, 9.17) is 0 Å². The van der Waals surface area contributed by atoms with Crippen molar-refractivity contribution in [2.24, 2.45) is 17.8 Å². The fourth-order valence-electron chi connectivity index (χ4n) is 3.84. The van der Waals surface area contributed by atoms with Gasteiger partial charge in [-0.15, -0.1) is 0 Å². The Morgan fingerprint density at radius 1 is 1.30 bits per heavy atom. The van der Waals surface area contributed by atoms with Crippen LogP contribution in [-0.2, 0) is 10.0 Å². The van der Waals surface area contributed by atoms with Crippen LogP contribution < -0.4 is 4.72 Å². The maximum atomic E-state index is 13.1. The van der Waals surface area contributed by atoms with Gasteiger partial charge in [0.15, 0.2) is 0 Å². The van der Waals surface area contributed by atoms with Crippen LogP contribution in [0.4, 0.5) is 4.39 Å². The molecule has 2 bridgehead atoms. The van der Waals surface area contributed by atoms with Crippen molar-refractivity contribution in [3.8, 4) is 0 Å². The molecule has 2 fully saturated rings. The van der Waals surface area contributed by atoms with Crippen molar-refractivity contribution in [1.82, 2.24) is 4.72 Å². The van der Waals surface area contributed by atoms with E-state index in [2.05, 4.69) is 4.72 Å². The first kappa shape index (κ1) is 14.0. The Hall–Kier alpha value is -0.940. The van der Waals surface area contributed by atoms with Crippen molar-refractivity contribution in [3.63, 3.8) is 0 Å². The SMILES string of the molecule is Cc1cc(F)ccc1S(=O)(=O)NC[C@@H]1C[C@@H]2CC[C@@H]1C2. The minimum Gasteiger partial charge on any atom is -0.211 e. The zero-order valence-corrected chi connectivity index (χ0v) is 12.4. The van der Waals surface area contributed by atoms with Crippen LogP contribution in [0.3, 0.4) is 0 Å². The van der Waals surface area contributed by atoms with Crippen LogP contribution in [0.2, 0.25) is 0 Å². The average Bonchev–Trinajstić information content (AvgIpc) is 2.98. The molecule has 3 nitrogen and oxygen atoms in total. The van der Waals surface area contributed by atoms with E-state index in [0.29, 0.717) is 23.9 Å². The average molecular weight is 297 g/mol. The Morgan fingerprint density at radius 3 is 2.70 bits per heavy atom. The summed E-state index contributed by atoms with van der Waals surface area (Å²) in [6.07, 6.45) is 4.97. The lowest BCUT2D eigenvalue weighted by molar-refractivity contribution is 0.333. The Bertz CT molecular complexity index is 614. The molecule has 0 unspecified atom stereocenters. The van der Waals surface area contributed by atoms with Crippen LogP contribution >= 0.6 is 0 Å². The molecule has 3 rings (SSSR count). The third kappa shape index (κ3) is 2.61. The van der Waals surface area contributed by atoms with E-state index < -0.39 is 15.8 Å². The second-order valence-corrected chi connectivity index (χ2v) is 7.93. The smallest absolute Gasteiger partial charge is 0.211 e. The standard InChI is InChI=1S/C15H20FNO2S/c1-10-6-14(16)4-5-15(10)20(18,19)17-9-13-8-11-2-3-12(13)7-11/h4-6,11-13,17H,2-3,7-9H2,1H3/t11-,12-,13+/m1/s1. The number of hydrogen-bond acceptors (Lipinski definition) is 2. The van der Waals surface area contributed by atoms with Gasteiger partial charge >= 0.3 is 0 Å². The Kier molecular flexibility index (Phi) is 3.58. The molecule has 0 heterocycles. The minimum absolute atomic E-state index is 0.182. The maximum Gasteiger partial charge on any atom is 0.240 e. The molecule has 2 aliphatic carbocycles. The van der Waals surface area contributed by atoms with Gasteiger partial charge < -0.3 is 0 Å². The maximum absolute atomic E-state index is 13.1. The first-order chi connectivity index (χ1) is 9.45. The van der Waals surface area contributed by atoms with E-state index in [1.807, 2.05) is 0 Å². The number of sulfonamides is 1. The number of benzene rings is 1. The van der Waals surface area contributed by atoms with Gasteiger partial charge in [-0.25, -0.2) is 17.5 Å². The zero-order chi connectivity index (χ0) is 14.3. The molecular formula is C15H20FNO2S. The molecule has 110 valence electrons. The highest BCUT2D eigenvalue weighted by Gasteiger charge is 2.39. The molecule has 20 heavy (non-hydrogen) atoms. The fourth-order valence-corrected chi connectivity index (χ4v) is 5.15. The van der Waals surface area contributed by atoms with Crippen LogP contribution in [0.15, 0.2) is 23.1 Å². The largest absolute Gasteiger partial charge is 0.240 e. The van der Waals surface area contributed by atoms with Crippen molar-refractivity contribution in [1.29, 1.82) is 0 Å². The molecular weight excluding hydrogens is 277 g/mol. The molecule has 0 amide bonds. The molecule has 0 radical (unpaired) electrons. The molecule has 1 N–H and O–H groups in total. The van der Waals surface area contributed by atoms with Gasteiger partial charge in [-0.3, -0.25) is 0 Å². The van der Waals surface area contributed by atoms with Gasteiger partial charge in [0.25, 0.3) is 0 Å². The van der Waals surface area contributed by atoms with E-state index in [9.17, 15) is 12.8 Å². The molecule has 0 saturated heterocycles. The number of fused-ring (bicyclic) bond motifs is 2. The highest BCUT2D eigenvalue weighted by Crippen LogP contribution is 2.48. The van der Waals surface area contributed by atoms with Crippen molar-refractivity contribution >= 4 is 10.0 Å². The van der Waals surface area contributed by atoms with Crippen LogP contribution in [-0.4, -0.2) is 15.0 Å². The summed E-state index contributed by atoms with van der Waals surface area (Å²) in [4.78, 5) is 0.182. The first-order valence-corrected chi connectivity index (χ1v) is 8.70. The summed E-state index contributed by atoms with van der Waals surface area (Å²) in [7, 11) is -3.53. The summed E-state index contributed by atoms with van der Waals surface area (Å²) in [6, 6.07) is 3.79. The molecule has 0 spiro atoms. The molecule has 1 aromatic rings. The highest BCUT2D eigenvalue weighted by molar-refractivity contribution is 7.89. The predicted octanol–water partition coefficient (Wildman–Crippen LogP) is 2.85. The van der Waals surface area contributed by atoms with Crippen LogP contribution in [0.25, 0.3) is 0 Å². The molecule has 2 saturated carbocycles. The number of aryl methyl sites for hydroxylation is 1. The van der Waals surface area contributed by atoms with Gasteiger partial charge in [0.2, 0.25) is 10.0 Å². The quantitative estimate of drug-likeness (QED) is 0.929. The highest BCUT2D eigenvalue weighted by atomic mass is 32.2. The summed E-state index contributed by atoms with van der Waals surface area (Å²) in [5, 5.41) is 0. The predicted molar refractivity (Wildman–Crippen MR) is 75.3 cm³/mol. The number of halogens is 1. The lowest BCUT2D eigenvalue weighted by Crippen LogP contribution is -2.32. The van der Waals surface area contributed by atoms with E-state index in [1.54, 1.807) is 6.92 Å². The summed E-state index contributed by atoms with van der Waals surface area (Å²) >= 11 is 0. The van der Waals surface area contributed by atoms with E-state index in [-0.39, 0.29) is 4.90 Å². The first-order valence-electron chi connectivity index (χ1n) is 7.21. The van der Waals surface area contributed by atoms with Crippen LogP contribution in [0.5, 0.6) is 0 Å². The molecule has 0 aromatic heterocycles. The van der Waals surface area contributed by atoms with Gasteiger partial charge in [0, 0.05) is 6.54 Å². The van der Waals surface area contributed by atoms with Crippen molar-refractivity contribution < 1.29 is 12.8 Å². The second-order valence-electron chi connectivity index (χ2n) is 6.20. The normalized spacial score (nSPS) is 29.0. The molecule has 3 atom stereocenters. The third-order valence-corrected chi connectivity index (χ3v) is 6.43. The van der Waals surface area contributed by atoms with Crippen LogP contribution in [0, 0.1) is 30.5 Å². The summed E-state index contributed by atoms with van der Waals surface area (Å²) < 4.78 is 40.4. The van der Waals surface area contributed by atoms with Gasteiger partial charge in [0.1, 0.15) is 5.82 Å². The monoisotopic (exact) mass is 297 g/mol. The Morgan fingerprint density at radius 2 is 2.10 bits per heavy atom. The number of rotatable bonds is 4. The molecule has 0 aliphatic heterocycles. The van der Waals surface area contributed by atoms with Crippen LogP contribution in [0.1, 0.15) is 31.2 Å². The van der Waals surface area contributed by atoms with Gasteiger partial charge in [-0.1, -0.05) is 6.42 Å². The van der Waals surface area contributed by atoms with Crippen molar-refractivity contribution in [2.75, 3.05) is 6.54 Å². The third-order valence-electron chi connectivity index (χ3n) is 4.85. The minimum atomic E-state index is -3.53. The summed E-state index contributed by atoms with van der Waals surface area (Å²) in [5.41, 5.74) is 0.449. The lowest BCUT2D eigenvalue weighted by atomic mass is 9.89. The van der Waals surface area contributed by atoms with Gasteiger partial charge in [-0.05, 0) is 67.7 Å². The van der Waals surface area contributed by atoms with Gasteiger partial charge in [0.05, 0.1) is 4.90 Å². The molecule has 5 heteroatoms. The van der Waals surface area contributed by atoms with E-state index in [0.717, 1.165) is 12.3 Å². The summed E-state index contributed by atoms with van der Waals surface area (Å²) in [5.74, 6) is 1.57. The lowest BCUT2D eigenvalue weighted by Gasteiger charge is -2.22. The topological polar surface area (TPSA) is 46.2 Å². The van der Waals surface area contributed by atoms with E-state index >= 15 is 0 Å². The number of hydrogen-bond donors (Lipinski definition) is 1. The van der Waals surface area contributed by atoms with Gasteiger partial charge in [-0.2, -0.15) is 0 Å². The Labute approximate surface area is 119 Å². The fraction of sp³-hybridized carbons (Fsp3) is 0.600. The molecule has 1 aromatic carbocycles. The summed E-state index contributed by atoms with van der Waals surface area (Å²) in [6.45, 7) is 2.13.